The summed E-state index contributed by atoms with van der Waals surface area (Å²) in [5, 5.41) is 2.73. The summed E-state index contributed by atoms with van der Waals surface area (Å²) in [7, 11) is 1.57. The fourth-order valence-corrected chi connectivity index (χ4v) is 2.66. The quantitative estimate of drug-likeness (QED) is 0.685. The molecule has 1 N–H and O–H groups in total. The number of aromatic nitrogens is 3. The Morgan fingerprint density at radius 3 is 2.72 bits per heavy atom. The number of nitrogens with one attached hydrogen (secondary N) is 1. The van der Waals surface area contributed by atoms with Crippen molar-refractivity contribution in [3.63, 3.8) is 0 Å². The van der Waals surface area contributed by atoms with Crippen molar-refractivity contribution in [2.45, 2.75) is 13.5 Å². The van der Waals surface area contributed by atoms with E-state index in [9.17, 15) is 9.59 Å². The van der Waals surface area contributed by atoms with Gasteiger partial charge in [-0.1, -0.05) is 17.7 Å². The van der Waals surface area contributed by atoms with Gasteiger partial charge in [-0.15, -0.1) is 0 Å². The van der Waals surface area contributed by atoms with E-state index in [1.165, 1.54) is 9.13 Å². The summed E-state index contributed by atoms with van der Waals surface area (Å²) in [4.78, 5) is 29.4. The average Bonchev–Trinajstić information content (AvgIpc) is 2.88. The Morgan fingerprint density at radius 2 is 2.00 bits per heavy atom. The Hall–Kier alpha value is -2.93. The van der Waals surface area contributed by atoms with Crippen LogP contribution in [-0.4, -0.2) is 40.3 Å². The molecule has 0 spiro atoms. The third kappa shape index (κ3) is 3.46. The highest BCUT2D eigenvalue weighted by molar-refractivity contribution is 5.80. The van der Waals surface area contributed by atoms with Gasteiger partial charge in [0.1, 0.15) is 6.54 Å². The number of pyridine rings is 1. The molecule has 3 aromatic rings. The monoisotopic (exact) mass is 340 g/mol. The van der Waals surface area contributed by atoms with Gasteiger partial charge >= 0.3 is 5.69 Å². The van der Waals surface area contributed by atoms with E-state index in [4.69, 9.17) is 4.74 Å². The molecule has 7 heteroatoms. The van der Waals surface area contributed by atoms with Crippen molar-refractivity contribution < 1.29 is 9.53 Å². The fourth-order valence-electron chi connectivity index (χ4n) is 2.66. The number of carbonyl (C=O) groups is 1. The molecule has 3 rings (SSSR count). The average molecular weight is 340 g/mol. The lowest BCUT2D eigenvalue weighted by atomic mass is 10.2. The van der Waals surface area contributed by atoms with Gasteiger partial charge in [0.2, 0.25) is 5.91 Å². The molecule has 0 saturated carbocycles. The normalized spacial score (nSPS) is 11.0. The van der Waals surface area contributed by atoms with Crippen LogP contribution in [0.15, 0.2) is 47.4 Å². The SMILES string of the molecule is COCCNC(=O)Cn1c(=O)n(-c2ccc(C)cc2)c2ncccc21. The number of imidazole rings is 1. The molecule has 2 heterocycles. The number of rotatable bonds is 6. The van der Waals surface area contributed by atoms with Crippen molar-refractivity contribution >= 4 is 17.1 Å². The van der Waals surface area contributed by atoms with E-state index >= 15 is 0 Å². The second-order valence-corrected chi connectivity index (χ2v) is 5.73. The zero-order chi connectivity index (χ0) is 17.8. The summed E-state index contributed by atoms with van der Waals surface area (Å²) < 4.78 is 7.87. The Bertz CT molecular complexity index is 941. The number of ether oxygens (including phenoxy) is 1. The van der Waals surface area contributed by atoms with Crippen LogP contribution in [0.4, 0.5) is 0 Å². The van der Waals surface area contributed by atoms with Crippen LogP contribution in [0.5, 0.6) is 0 Å². The fraction of sp³-hybridized carbons (Fsp3) is 0.278. The molecule has 0 saturated heterocycles. The van der Waals surface area contributed by atoms with E-state index in [1.807, 2.05) is 31.2 Å². The number of methoxy groups -OCH3 is 1. The Balaban J connectivity index is 2.02. The van der Waals surface area contributed by atoms with Crippen LogP contribution in [0.1, 0.15) is 5.56 Å². The minimum atomic E-state index is -0.292. The predicted octanol–water partition coefficient (Wildman–Crippen LogP) is 1.26. The minimum Gasteiger partial charge on any atom is -0.383 e. The molecule has 0 unspecified atom stereocenters. The number of amides is 1. The molecule has 0 atom stereocenters. The van der Waals surface area contributed by atoms with Crippen molar-refractivity contribution in [1.29, 1.82) is 0 Å². The first kappa shape index (κ1) is 16.9. The standard InChI is InChI=1S/C18H20N4O3/c1-13-5-7-14(8-6-13)22-17-15(4-3-9-20-17)21(18(22)24)12-16(23)19-10-11-25-2/h3-9H,10-12H2,1-2H3,(H,19,23). The number of nitrogens with zero attached hydrogens (tertiary/aromatic N) is 3. The summed E-state index contributed by atoms with van der Waals surface area (Å²) in [6.07, 6.45) is 1.63. The van der Waals surface area contributed by atoms with Crippen LogP contribution >= 0.6 is 0 Å². The second kappa shape index (κ2) is 7.31. The molecule has 1 aromatic carbocycles. The van der Waals surface area contributed by atoms with Crippen LogP contribution in [0.2, 0.25) is 0 Å². The first-order valence-electron chi connectivity index (χ1n) is 8.01. The highest BCUT2D eigenvalue weighted by Gasteiger charge is 2.17. The van der Waals surface area contributed by atoms with Crippen molar-refractivity contribution in [2.24, 2.45) is 0 Å². The summed E-state index contributed by atoms with van der Waals surface area (Å²) in [6, 6.07) is 11.1. The van der Waals surface area contributed by atoms with Crippen molar-refractivity contribution in [3.8, 4) is 5.69 Å². The van der Waals surface area contributed by atoms with Gasteiger partial charge in [0.25, 0.3) is 0 Å². The molecule has 0 bridgehead atoms. The molecule has 2 aromatic heterocycles. The third-order valence-electron chi connectivity index (χ3n) is 3.91. The van der Waals surface area contributed by atoms with Crippen molar-refractivity contribution in [3.05, 3.63) is 58.6 Å². The maximum Gasteiger partial charge on any atom is 0.335 e. The molecular formula is C18H20N4O3. The summed E-state index contributed by atoms with van der Waals surface area (Å²) in [6.45, 7) is 2.74. The first-order valence-corrected chi connectivity index (χ1v) is 8.01. The van der Waals surface area contributed by atoms with Crippen LogP contribution in [-0.2, 0) is 16.1 Å². The predicted molar refractivity (Wildman–Crippen MR) is 95.0 cm³/mol. The van der Waals surface area contributed by atoms with Gasteiger partial charge in [0.15, 0.2) is 5.65 Å². The lowest BCUT2D eigenvalue weighted by Gasteiger charge is -2.05. The molecule has 130 valence electrons. The van der Waals surface area contributed by atoms with Gasteiger partial charge in [0.05, 0.1) is 17.8 Å². The number of fused-ring (bicyclic) bond motifs is 1. The van der Waals surface area contributed by atoms with Crippen molar-refractivity contribution in [1.82, 2.24) is 19.4 Å². The largest absolute Gasteiger partial charge is 0.383 e. The molecular weight excluding hydrogens is 320 g/mol. The smallest absolute Gasteiger partial charge is 0.335 e. The molecule has 1 amide bonds. The van der Waals surface area contributed by atoms with E-state index in [0.29, 0.717) is 24.3 Å². The highest BCUT2D eigenvalue weighted by Crippen LogP contribution is 2.16. The van der Waals surface area contributed by atoms with Crippen LogP contribution in [0.25, 0.3) is 16.9 Å². The summed E-state index contributed by atoms with van der Waals surface area (Å²) >= 11 is 0. The van der Waals surface area contributed by atoms with Crippen molar-refractivity contribution in [2.75, 3.05) is 20.3 Å². The molecule has 0 aliphatic carbocycles. The highest BCUT2D eigenvalue weighted by atomic mass is 16.5. The minimum absolute atomic E-state index is 0.0659. The van der Waals surface area contributed by atoms with Gasteiger partial charge in [-0.3, -0.25) is 9.36 Å². The number of hydrogen-bond donors (Lipinski definition) is 1. The lowest BCUT2D eigenvalue weighted by molar-refractivity contribution is -0.121. The topological polar surface area (TPSA) is 78.1 Å². The lowest BCUT2D eigenvalue weighted by Crippen LogP contribution is -2.34. The molecule has 0 radical (unpaired) electrons. The Morgan fingerprint density at radius 1 is 1.24 bits per heavy atom. The van der Waals surface area contributed by atoms with Gasteiger partial charge in [0, 0.05) is 19.9 Å². The Kier molecular flexibility index (Phi) is 4.95. The number of carbonyl (C=O) groups excluding carboxylic acids is 1. The number of benzene rings is 1. The molecule has 7 nitrogen and oxygen atoms in total. The van der Waals surface area contributed by atoms with E-state index in [2.05, 4.69) is 10.3 Å². The maximum absolute atomic E-state index is 12.9. The summed E-state index contributed by atoms with van der Waals surface area (Å²) in [5.74, 6) is -0.244. The van der Waals surface area contributed by atoms with E-state index in [1.54, 1.807) is 25.4 Å². The van der Waals surface area contributed by atoms with Crippen LogP contribution in [0.3, 0.4) is 0 Å². The second-order valence-electron chi connectivity index (χ2n) is 5.73. The van der Waals surface area contributed by atoms with Gasteiger partial charge in [-0.2, -0.15) is 0 Å². The first-order chi connectivity index (χ1) is 12.1. The zero-order valence-corrected chi connectivity index (χ0v) is 14.2. The van der Waals surface area contributed by atoms with Gasteiger partial charge in [-0.25, -0.2) is 14.3 Å². The van der Waals surface area contributed by atoms with Gasteiger partial charge in [-0.05, 0) is 31.2 Å². The number of aryl methyl sites for hydroxylation is 1. The van der Waals surface area contributed by atoms with E-state index in [-0.39, 0.29) is 18.1 Å². The van der Waals surface area contributed by atoms with E-state index in [0.717, 1.165) is 11.3 Å². The molecule has 0 fully saturated rings. The Labute approximate surface area is 144 Å². The molecule has 0 aliphatic heterocycles. The van der Waals surface area contributed by atoms with Gasteiger partial charge < -0.3 is 10.1 Å². The number of hydrogen-bond acceptors (Lipinski definition) is 4. The molecule has 0 aliphatic rings. The summed E-state index contributed by atoms with van der Waals surface area (Å²) in [5.41, 5.74) is 2.68. The zero-order valence-electron chi connectivity index (χ0n) is 14.2. The van der Waals surface area contributed by atoms with Crippen LogP contribution in [0, 0.1) is 6.92 Å². The maximum atomic E-state index is 12.9. The van der Waals surface area contributed by atoms with Crippen LogP contribution < -0.4 is 11.0 Å². The van der Waals surface area contributed by atoms with E-state index < -0.39 is 0 Å². The molecule has 25 heavy (non-hydrogen) atoms. The third-order valence-corrected chi connectivity index (χ3v) is 3.91.